The van der Waals surface area contributed by atoms with Crippen LogP contribution in [0.25, 0.3) is 11.3 Å². The Morgan fingerprint density at radius 3 is 1.36 bits per heavy atom. The molecule has 2 heterocycles. The van der Waals surface area contributed by atoms with E-state index in [-0.39, 0.29) is 65.6 Å². The maximum atomic E-state index is 11.8. The van der Waals surface area contributed by atoms with Crippen molar-refractivity contribution in [2.45, 2.75) is 198 Å². The lowest BCUT2D eigenvalue weighted by Gasteiger charge is -2.34. The van der Waals surface area contributed by atoms with Crippen LogP contribution in [0, 0.1) is 38.5 Å². The second kappa shape index (κ2) is 24.6. The molecule has 1 fully saturated rings. The highest BCUT2D eigenvalue weighted by molar-refractivity contribution is 6.62. The van der Waals surface area contributed by atoms with Crippen molar-refractivity contribution in [3.05, 3.63) is 141 Å². The summed E-state index contributed by atoms with van der Waals surface area (Å²) in [5.74, 6) is 1.41. The molecule has 0 saturated carbocycles. The number of nitrogens with zero attached hydrogens (tertiary/aromatic N) is 1. The molecule has 10 heteroatoms. The summed E-state index contributed by atoms with van der Waals surface area (Å²) in [5.41, 5.74) is 12.2. The van der Waals surface area contributed by atoms with Crippen LogP contribution in [-0.2, 0) is 36.1 Å². The van der Waals surface area contributed by atoms with Crippen LogP contribution >= 0.6 is 0 Å². The molecular formula is C65H92BNO8. The van der Waals surface area contributed by atoms with Gasteiger partial charge in [0.1, 0.15) is 24.7 Å². The first-order valence-corrected chi connectivity index (χ1v) is 27.6. The predicted octanol–water partition coefficient (Wildman–Crippen LogP) is 13.9. The molecule has 5 aromatic rings. The van der Waals surface area contributed by atoms with Gasteiger partial charge in [-0.25, -0.2) is 0 Å². The van der Waals surface area contributed by atoms with Gasteiger partial charge < -0.3 is 33.7 Å². The summed E-state index contributed by atoms with van der Waals surface area (Å²) in [7, 11) is -0.358. The Morgan fingerprint density at radius 1 is 0.587 bits per heavy atom. The predicted molar refractivity (Wildman–Crippen MR) is 309 cm³/mol. The average molecular weight is 1030 g/mol. The fourth-order valence-corrected chi connectivity index (χ4v) is 10.0. The van der Waals surface area contributed by atoms with Gasteiger partial charge in [0.05, 0.1) is 42.1 Å². The van der Waals surface area contributed by atoms with Crippen molar-refractivity contribution in [1.82, 2.24) is 4.98 Å². The third-order valence-corrected chi connectivity index (χ3v) is 16.5. The molecule has 75 heavy (non-hydrogen) atoms. The number of rotatable bonds is 19. The van der Waals surface area contributed by atoms with Crippen molar-refractivity contribution >= 4 is 18.6 Å². The summed E-state index contributed by atoms with van der Waals surface area (Å²) in [5, 5.41) is 20.8. The standard InChI is InChI=1S/C34H45NO4.C31H47BO4/c1-9-34(10-2,27-14-17-30(24(5)19-27)39-22-31(36)33(6,7)8)26-13-15-28(23(4)18-26)29-16-12-25(21-35-29)20-32(37)38-11-3;1-12-31(13-2,24-15-17-26(22(4)19-24)34-20-27(33)28(5,6)7)23-14-16-25(21(3)18-23)32-35-29(8,9)30(10,11)36-32/h12-19,21,31,36H,9-11,20,22H2,1-8H3;14-19,27,33H,12-13,20H2,1-11H3. The van der Waals surface area contributed by atoms with Crippen molar-refractivity contribution in [2.24, 2.45) is 10.8 Å². The summed E-state index contributed by atoms with van der Waals surface area (Å²) in [6.07, 6.45) is 4.84. The van der Waals surface area contributed by atoms with E-state index in [2.05, 4.69) is 155 Å². The summed E-state index contributed by atoms with van der Waals surface area (Å²) < 4.78 is 29.7. The molecule has 4 aromatic carbocycles. The minimum Gasteiger partial charge on any atom is -0.491 e. The molecule has 408 valence electrons. The minimum atomic E-state index is -0.535. The van der Waals surface area contributed by atoms with E-state index < -0.39 is 12.2 Å². The first-order valence-electron chi connectivity index (χ1n) is 27.6. The first kappa shape index (κ1) is 60.9. The van der Waals surface area contributed by atoms with E-state index >= 15 is 0 Å². The van der Waals surface area contributed by atoms with Gasteiger partial charge in [0.2, 0.25) is 0 Å². The van der Waals surface area contributed by atoms with E-state index in [9.17, 15) is 15.0 Å². The number of pyridine rings is 1. The number of aryl methyl sites for hydroxylation is 4. The van der Waals surface area contributed by atoms with Gasteiger partial charge in [-0.2, -0.15) is 0 Å². The molecule has 0 aliphatic carbocycles. The molecular weight excluding hydrogens is 934 g/mol. The molecule has 0 amide bonds. The van der Waals surface area contributed by atoms with Gasteiger partial charge in [0, 0.05) is 22.6 Å². The van der Waals surface area contributed by atoms with Gasteiger partial charge in [-0.15, -0.1) is 0 Å². The Hall–Kier alpha value is -5.00. The van der Waals surface area contributed by atoms with E-state index in [1.54, 1.807) is 6.20 Å². The molecule has 2 unspecified atom stereocenters. The summed E-state index contributed by atoms with van der Waals surface area (Å²) in [6, 6.07) is 30.3. The smallest absolute Gasteiger partial charge is 0.491 e. The maximum Gasteiger partial charge on any atom is 0.495 e. The van der Waals surface area contributed by atoms with Crippen molar-refractivity contribution in [3.63, 3.8) is 0 Å². The highest BCUT2D eigenvalue weighted by Gasteiger charge is 2.52. The molecule has 9 nitrogen and oxygen atoms in total. The van der Waals surface area contributed by atoms with Crippen LogP contribution in [0.15, 0.2) is 91.1 Å². The number of aliphatic hydroxyl groups excluding tert-OH is 2. The fourth-order valence-electron chi connectivity index (χ4n) is 10.0. The van der Waals surface area contributed by atoms with Crippen LogP contribution in [-0.4, -0.2) is 71.5 Å². The Balaban J connectivity index is 0.000000278. The van der Waals surface area contributed by atoms with Crippen LogP contribution in [0.3, 0.4) is 0 Å². The average Bonchev–Trinajstić information content (AvgIpc) is 3.56. The Bertz CT molecular complexity index is 2670. The fraction of sp³-hybridized carbons (Fsp3) is 0.538. The first-order chi connectivity index (χ1) is 35.0. The number of aromatic nitrogens is 1. The number of carbonyl (C=O) groups is 1. The monoisotopic (exact) mass is 1030 g/mol. The minimum absolute atomic E-state index is 0.104. The summed E-state index contributed by atoms with van der Waals surface area (Å²) in [4.78, 5) is 16.4. The molecule has 2 N–H and O–H groups in total. The third-order valence-electron chi connectivity index (χ3n) is 16.5. The maximum absolute atomic E-state index is 11.8. The van der Waals surface area contributed by atoms with Gasteiger partial charge >= 0.3 is 13.1 Å². The SMILES string of the molecule is CCC(CC)(c1ccc(OCC(O)C(C)(C)C)c(C)c1)c1ccc(B2OC(C)(C)C(C)(C)O2)c(C)c1.CCOC(=O)Cc1ccc(-c2ccc(C(CC)(CC)c3ccc(OCC(O)C(C)(C)C)c(C)c3)cc2C)nc1. The third kappa shape index (κ3) is 14.0. The summed E-state index contributed by atoms with van der Waals surface area (Å²) in [6.45, 7) is 40.7. The number of ether oxygens (including phenoxy) is 3. The van der Waals surface area contributed by atoms with E-state index in [4.69, 9.17) is 23.5 Å². The second-order valence-electron chi connectivity index (χ2n) is 24.1. The highest BCUT2D eigenvalue weighted by Crippen LogP contribution is 2.44. The Labute approximate surface area is 452 Å². The van der Waals surface area contributed by atoms with Crippen LogP contribution in [0.5, 0.6) is 11.5 Å². The molecule has 2 atom stereocenters. The lowest BCUT2D eigenvalue weighted by molar-refractivity contribution is -0.142. The molecule has 1 aliphatic rings. The molecule has 1 aliphatic heterocycles. The number of aliphatic hydroxyl groups is 2. The van der Waals surface area contributed by atoms with E-state index in [0.29, 0.717) is 6.61 Å². The highest BCUT2D eigenvalue weighted by atomic mass is 16.7. The molecule has 1 aromatic heterocycles. The van der Waals surface area contributed by atoms with E-state index in [1.807, 2.05) is 66.7 Å². The van der Waals surface area contributed by atoms with Crippen LogP contribution < -0.4 is 14.9 Å². The van der Waals surface area contributed by atoms with Crippen molar-refractivity contribution < 1.29 is 38.5 Å². The van der Waals surface area contributed by atoms with Crippen LogP contribution in [0.1, 0.15) is 180 Å². The lowest BCUT2D eigenvalue weighted by Crippen LogP contribution is -2.41. The zero-order valence-corrected chi connectivity index (χ0v) is 49.3. The summed E-state index contributed by atoms with van der Waals surface area (Å²) >= 11 is 0. The number of carbonyl (C=O) groups excluding carboxylic acids is 1. The van der Waals surface area contributed by atoms with E-state index in [0.717, 1.165) is 76.2 Å². The molecule has 6 rings (SSSR count). The normalized spacial score (nSPS) is 15.5. The largest absolute Gasteiger partial charge is 0.495 e. The Morgan fingerprint density at radius 2 is 1.00 bits per heavy atom. The lowest BCUT2D eigenvalue weighted by atomic mass is 9.68. The van der Waals surface area contributed by atoms with E-state index in [1.165, 1.54) is 27.8 Å². The zero-order valence-electron chi connectivity index (χ0n) is 49.3. The number of hydrogen-bond donors (Lipinski definition) is 2. The zero-order chi connectivity index (χ0) is 55.9. The topological polar surface area (TPSA) is 117 Å². The second-order valence-corrected chi connectivity index (χ2v) is 24.1. The number of benzene rings is 4. The molecule has 1 saturated heterocycles. The molecule has 0 bridgehead atoms. The van der Waals surface area contributed by atoms with Gasteiger partial charge in [-0.05, 0) is 167 Å². The molecule has 0 radical (unpaired) electrons. The number of hydrogen-bond acceptors (Lipinski definition) is 9. The van der Waals surface area contributed by atoms with Crippen molar-refractivity contribution in [3.8, 4) is 22.8 Å². The van der Waals surface area contributed by atoms with Crippen molar-refractivity contribution in [2.75, 3.05) is 19.8 Å². The van der Waals surface area contributed by atoms with Gasteiger partial charge in [-0.3, -0.25) is 9.78 Å². The van der Waals surface area contributed by atoms with Crippen molar-refractivity contribution in [1.29, 1.82) is 0 Å². The van der Waals surface area contributed by atoms with Gasteiger partial charge in [-0.1, -0.05) is 142 Å². The molecule has 0 spiro atoms. The van der Waals surface area contributed by atoms with Gasteiger partial charge in [0.15, 0.2) is 0 Å². The number of esters is 1. The van der Waals surface area contributed by atoms with Crippen LogP contribution in [0.4, 0.5) is 0 Å². The quantitative estimate of drug-likeness (QED) is 0.0616. The Kier molecular flexibility index (Phi) is 19.9. The van der Waals surface area contributed by atoms with Gasteiger partial charge in [0.25, 0.3) is 0 Å². The van der Waals surface area contributed by atoms with Crippen LogP contribution in [0.2, 0.25) is 0 Å².